The van der Waals surface area contributed by atoms with Crippen LogP contribution in [0.1, 0.15) is 38.7 Å². The van der Waals surface area contributed by atoms with Gasteiger partial charge in [-0.3, -0.25) is 9.88 Å². The van der Waals surface area contributed by atoms with E-state index < -0.39 is 0 Å². The standard InChI is InChI=1S/C17H26BrN3/c1-3-12(2)17-9-20-16(14-4-5-14)11-21(17)10-13-6-15(18)8-19-7-13/h6-8,12,14,16-17,20H,3-5,9-11H2,1-2H3. The Morgan fingerprint density at radius 2 is 2.24 bits per heavy atom. The predicted octanol–water partition coefficient (Wildman–Crippen LogP) is 3.44. The highest BCUT2D eigenvalue weighted by molar-refractivity contribution is 9.10. The molecule has 0 amide bonds. The Morgan fingerprint density at radius 1 is 1.43 bits per heavy atom. The Bertz CT molecular complexity index is 475. The predicted molar refractivity (Wildman–Crippen MR) is 90.1 cm³/mol. The summed E-state index contributed by atoms with van der Waals surface area (Å²) >= 11 is 3.54. The molecule has 1 saturated heterocycles. The topological polar surface area (TPSA) is 28.2 Å². The first kappa shape index (κ1) is 15.4. The SMILES string of the molecule is CCC(C)C1CNC(C2CC2)CN1Cc1cncc(Br)c1. The minimum Gasteiger partial charge on any atom is -0.311 e. The van der Waals surface area contributed by atoms with Crippen LogP contribution >= 0.6 is 15.9 Å². The average Bonchev–Trinajstić information content (AvgIpc) is 3.31. The lowest BCUT2D eigenvalue weighted by atomic mass is 9.93. The number of aromatic nitrogens is 1. The van der Waals surface area contributed by atoms with Crippen LogP contribution in [-0.4, -0.2) is 35.1 Å². The molecule has 3 nitrogen and oxygen atoms in total. The first-order valence-corrected chi connectivity index (χ1v) is 9.03. The summed E-state index contributed by atoms with van der Waals surface area (Å²) in [6, 6.07) is 3.55. The van der Waals surface area contributed by atoms with Crippen molar-refractivity contribution in [2.75, 3.05) is 13.1 Å². The second-order valence-electron chi connectivity index (χ2n) is 6.75. The van der Waals surface area contributed by atoms with E-state index in [1.54, 1.807) is 0 Å². The van der Waals surface area contributed by atoms with Crippen molar-refractivity contribution in [1.29, 1.82) is 0 Å². The van der Waals surface area contributed by atoms with Gasteiger partial charge in [-0.05, 0) is 52.2 Å². The number of rotatable bonds is 5. The van der Waals surface area contributed by atoms with Gasteiger partial charge in [0, 0.05) is 48.6 Å². The highest BCUT2D eigenvalue weighted by Gasteiger charge is 2.38. The number of hydrogen-bond donors (Lipinski definition) is 1. The Kier molecular flexibility index (Phi) is 4.97. The van der Waals surface area contributed by atoms with Crippen LogP contribution in [0, 0.1) is 11.8 Å². The third-order valence-corrected chi connectivity index (χ3v) is 5.56. The van der Waals surface area contributed by atoms with Gasteiger partial charge in [0.1, 0.15) is 0 Å². The number of hydrogen-bond acceptors (Lipinski definition) is 3. The molecule has 1 aromatic rings. The smallest absolute Gasteiger partial charge is 0.0410 e. The molecule has 4 heteroatoms. The highest BCUT2D eigenvalue weighted by atomic mass is 79.9. The van der Waals surface area contributed by atoms with Crippen LogP contribution in [0.5, 0.6) is 0 Å². The fraction of sp³-hybridized carbons (Fsp3) is 0.706. The summed E-state index contributed by atoms with van der Waals surface area (Å²) < 4.78 is 1.08. The molecule has 0 radical (unpaired) electrons. The van der Waals surface area contributed by atoms with E-state index in [-0.39, 0.29) is 0 Å². The Labute approximate surface area is 136 Å². The molecule has 1 aliphatic carbocycles. The van der Waals surface area contributed by atoms with Gasteiger partial charge in [0.25, 0.3) is 0 Å². The van der Waals surface area contributed by atoms with Crippen LogP contribution in [0.4, 0.5) is 0 Å². The fourth-order valence-electron chi connectivity index (χ4n) is 3.46. The van der Waals surface area contributed by atoms with Gasteiger partial charge >= 0.3 is 0 Å². The summed E-state index contributed by atoms with van der Waals surface area (Å²) in [5, 5.41) is 3.81. The van der Waals surface area contributed by atoms with Crippen molar-refractivity contribution in [2.24, 2.45) is 11.8 Å². The van der Waals surface area contributed by atoms with E-state index in [1.807, 2.05) is 12.4 Å². The summed E-state index contributed by atoms with van der Waals surface area (Å²) in [4.78, 5) is 7.01. The second kappa shape index (κ2) is 6.76. The van der Waals surface area contributed by atoms with E-state index in [0.717, 1.165) is 29.4 Å². The molecule has 116 valence electrons. The number of piperazine rings is 1. The van der Waals surface area contributed by atoms with E-state index in [0.29, 0.717) is 12.1 Å². The highest BCUT2D eigenvalue weighted by Crippen LogP contribution is 2.35. The zero-order chi connectivity index (χ0) is 14.8. The zero-order valence-electron chi connectivity index (χ0n) is 13.1. The molecule has 2 aliphatic rings. The van der Waals surface area contributed by atoms with Gasteiger partial charge in [-0.2, -0.15) is 0 Å². The van der Waals surface area contributed by atoms with Gasteiger partial charge in [0.15, 0.2) is 0 Å². The molecule has 3 unspecified atom stereocenters. The molecule has 0 aromatic carbocycles. The Morgan fingerprint density at radius 3 is 2.90 bits per heavy atom. The maximum Gasteiger partial charge on any atom is 0.0410 e. The summed E-state index contributed by atoms with van der Waals surface area (Å²) in [7, 11) is 0. The molecule has 3 atom stereocenters. The Balaban J connectivity index is 1.72. The van der Waals surface area contributed by atoms with Crippen LogP contribution in [0.15, 0.2) is 22.9 Å². The monoisotopic (exact) mass is 351 g/mol. The lowest BCUT2D eigenvalue weighted by molar-refractivity contribution is 0.0786. The minimum absolute atomic E-state index is 0.643. The largest absolute Gasteiger partial charge is 0.311 e. The Hall–Kier alpha value is -0.450. The van der Waals surface area contributed by atoms with Gasteiger partial charge in [-0.15, -0.1) is 0 Å². The molecule has 0 bridgehead atoms. The number of nitrogens with one attached hydrogen (secondary N) is 1. The van der Waals surface area contributed by atoms with E-state index in [4.69, 9.17) is 0 Å². The molecule has 2 fully saturated rings. The van der Waals surface area contributed by atoms with Crippen LogP contribution in [0.25, 0.3) is 0 Å². The maximum atomic E-state index is 4.32. The summed E-state index contributed by atoms with van der Waals surface area (Å²) in [5.41, 5.74) is 1.31. The normalized spacial score (nSPS) is 28.5. The van der Waals surface area contributed by atoms with Crippen LogP contribution < -0.4 is 5.32 Å². The minimum atomic E-state index is 0.643. The molecular weight excluding hydrogens is 326 g/mol. The van der Waals surface area contributed by atoms with Gasteiger partial charge in [0.2, 0.25) is 0 Å². The molecule has 0 spiro atoms. The lowest BCUT2D eigenvalue weighted by Gasteiger charge is -2.43. The van der Waals surface area contributed by atoms with Crippen LogP contribution in [0.3, 0.4) is 0 Å². The van der Waals surface area contributed by atoms with E-state index >= 15 is 0 Å². The van der Waals surface area contributed by atoms with Crippen molar-refractivity contribution < 1.29 is 0 Å². The van der Waals surface area contributed by atoms with Gasteiger partial charge in [-0.1, -0.05) is 20.3 Å². The van der Waals surface area contributed by atoms with Crippen molar-refractivity contribution in [3.63, 3.8) is 0 Å². The first-order chi connectivity index (χ1) is 10.2. The van der Waals surface area contributed by atoms with Crippen molar-refractivity contribution in [3.8, 4) is 0 Å². The van der Waals surface area contributed by atoms with Gasteiger partial charge < -0.3 is 5.32 Å². The van der Waals surface area contributed by atoms with Gasteiger partial charge in [-0.25, -0.2) is 0 Å². The average molecular weight is 352 g/mol. The number of pyridine rings is 1. The van der Waals surface area contributed by atoms with Crippen LogP contribution in [-0.2, 0) is 6.54 Å². The quantitative estimate of drug-likeness (QED) is 0.880. The molecule has 1 saturated carbocycles. The molecule has 1 N–H and O–H groups in total. The molecule has 1 aromatic heterocycles. The van der Waals surface area contributed by atoms with Crippen molar-refractivity contribution in [1.82, 2.24) is 15.2 Å². The third-order valence-electron chi connectivity index (χ3n) is 5.13. The number of nitrogens with zero attached hydrogens (tertiary/aromatic N) is 2. The second-order valence-corrected chi connectivity index (χ2v) is 7.66. The number of halogens is 1. The summed E-state index contributed by atoms with van der Waals surface area (Å²) in [5.74, 6) is 1.66. The molecule has 1 aliphatic heterocycles. The maximum absolute atomic E-state index is 4.32. The van der Waals surface area contributed by atoms with Crippen LogP contribution in [0.2, 0.25) is 0 Å². The third kappa shape index (κ3) is 3.85. The van der Waals surface area contributed by atoms with E-state index in [1.165, 1.54) is 31.4 Å². The van der Waals surface area contributed by atoms with Crippen molar-refractivity contribution >= 4 is 15.9 Å². The fourth-order valence-corrected chi connectivity index (χ4v) is 3.87. The van der Waals surface area contributed by atoms with Crippen molar-refractivity contribution in [2.45, 2.75) is 51.7 Å². The van der Waals surface area contributed by atoms with Gasteiger partial charge in [0.05, 0.1) is 0 Å². The molecule has 3 rings (SSSR count). The summed E-state index contributed by atoms with van der Waals surface area (Å²) in [6.07, 6.45) is 7.94. The molecule has 2 heterocycles. The first-order valence-electron chi connectivity index (χ1n) is 8.24. The van der Waals surface area contributed by atoms with Crippen molar-refractivity contribution in [3.05, 3.63) is 28.5 Å². The summed E-state index contributed by atoms with van der Waals surface area (Å²) in [6.45, 7) is 8.03. The van der Waals surface area contributed by atoms with E-state index in [2.05, 4.69) is 51.0 Å². The zero-order valence-corrected chi connectivity index (χ0v) is 14.6. The molecular formula is C17H26BrN3. The van der Waals surface area contributed by atoms with E-state index in [9.17, 15) is 0 Å². The molecule has 21 heavy (non-hydrogen) atoms. The lowest BCUT2D eigenvalue weighted by Crippen LogP contribution is -2.58.